The predicted octanol–water partition coefficient (Wildman–Crippen LogP) is 3.56. The van der Waals surface area contributed by atoms with E-state index in [0.29, 0.717) is 19.6 Å². The molecule has 0 spiro atoms. The minimum atomic E-state index is -1.17. The van der Waals surface area contributed by atoms with Crippen LogP contribution in [0.1, 0.15) is 37.7 Å². The van der Waals surface area contributed by atoms with Gasteiger partial charge < -0.3 is 15.4 Å². The first-order chi connectivity index (χ1) is 14.6. The third-order valence-electron chi connectivity index (χ3n) is 6.45. The second-order valence-electron chi connectivity index (χ2n) is 8.54. The quantitative estimate of drug-likeness (QED) is 0.825. The van der Waals surface area contributed by atoms with E-state index in [2.05, 4.69) is 12.1 Å². The SMILES string of the molecule is NC(=O)[C@@]1(Cc2ccc(-c3ccccc3)cc2)CN(C(=O)C2CCCCC2)CCO1. The molecule has 2 N–H and O–H groups in total. The number of primary amides is 1. The topological polar surface area (TPSA) is 72.6 Å². The molecule has 30 heavy (non-hydrogen) atoms. The molecule has 0 aromatic heterocycles. The summed E-state index contributed by atoms with van der Waals surface area (Å²) in [6, 6.07) is 18.3. The van der Waals surface area contributed by atoms with E-state index >= 15 is 0 Å². The lowest BCUT2D eigenvalue weighted by atomic mass is 9.86. The van der Waals surface area contributed by atoms with Gasteiger partial charge >= 0.3 is 0 Å². The van der Waals surface area contributed by atoms with Crippen LogP contribution in [0.2, 0.25) is 0 Å². The predicted molar refractivity (Wildman–Crippen MR) is 117 cm³/mol. The number of amides is 2. The van der Waals surface area contributed by atoms with Gasteiger partial charge in [-0.15, -0.1) is 0 Å². The molecule has 2 amide bonds. The number of morpholine rings is 1. The fraction of sp³-hybridized carbons (Fsp3) is 0.440. The molecule has 5 nitrogen and oxygen atoms in total. The van der Waals surface area contributed by atoms with Gasteiger partial charge in [0, 0.05) is 18.9 Å². The van der Waals surface area contributed by atoms with E-state index in [4.69, 9.17) is 10.5 Å². The van der Waals surface area contributed by atoms with E-state index in [1.54, 1.807) is 0 Å². The first-order valence-corrected chi connectivity index (χ1v) is 10.9. The maximum atomic E-state index is 13.0. The van der Waals surface area contributed by atoms with Crippen molar-refractivity contribution in [3.05, 3.63) is 60.2 Å². The Morgan fingerprint density at radius 1 is 0.967 bits per heavy atom. The van der Waals surface area contributed by atoms with Gasteiger partial charge in [0.2, 0.25) is 5.91 Å². The zero-order valence-corrected chi connectivity index (χ0v) is 17.4. The minimum Gasteiger partial charge on any atom is -0.367 e. The number of benzene rings is 2. The molecule has 1 saturated carbocycles. The highest BCUT2D eigenvalue weighted by Gasteiger charge is 2.44. The molecule has 4 rings (SSSR count). The molecule has 5 heteroatoms. The van der Waals surface area contributed by atoms with Crippen LogP contribution in [-0.2, 0) is 20.7 Å². The summed E-state index contributed by atoms with van der Waals surface area (Å²) >= 11 is 0. The lowest BCUT2D eigenvalue weighted by Crippen LogP contribution is -2.61. The number of ether oxygens (including phenoxy) is 1. The van der Waals surface area contributed by atoms with Crippen LogP contribution in [0, 0.1) is 5.92 Å². The molecule has 2 aromatic rings. The number of nitrogens with two attached hydrogens (primary N) is 1. The van der Waals surface area contributed by atoms with Crippen molar-refractivity contribution < 1.29 is 14.3 Å². The van der Waals surface area contributed by atoms with Crippen molar-refractivity contribution in [3.8, 4) is 11.1 Å². The highest BCUT2D eigenvalue weighted by Crippen LogP contribution is 2.30. The van der Waals surface area contributed by atoms with E-state index in [9.17, 15) is 9.59 Å². The first kappa shape index (κ1) is 20.6. The fourth-order valence-corrected chi connectivity index (χ4v) is 4.70. The molecule has 2 fully saturated rings. The summed E-state index contributed by atoms with van der Waals surface area (Å²) in [6.45, 7) is 1.10. The van der Waals surface area contributed by atoms with Gasteiger partial charge in [0.25, 0.3) is 5.91 Å². The standard InChI is InChI=1S/C25H30N2O3/c26-24(29)25(17-19-11-13-21(14-12-19)20-7-3-1-4-8-20)18-27(15-16-30-25)23(28)22-9-5-2-6-10-22/h1,3-4,7-8,11-14,22H,2,5-6,9-10,15-18H2,(H2,26,29)/t25-/m1/s1. The molecule has 2 aliphatic rings. The summed E-state index contributed by atoms with van der Waals surface area (Å²) in [7, 11) is 0. The minimum absolute atomic E-state index is 0.0765. The van der Waals surface area contributed by atoms with Crippen LogP contribution in [0.15, 0.2) is 54.6 Å². The Balaban J connectivity index is 1.49. The Hall–Kier alpha value is -2.66. The Kier molecular flexibility index (Phi) is 6.18. The molecule has 1 aliphatic heterocycles. The maximum Gasteiger partial charge on any atom is 0.251 e. The number of hydrogen-bond donors (Lipinski definition) is 1. The Labute approximate surface area is 178 Å². The van der Waals surface area contributed by atoms with Crippen LogP contribution in [0.3, 0.4) is 0 Å². The van der Waals surface area contributed by atoms with Crippen LogP contribution < -0.4 is 5.73 Å². The highest BCUT2D eigenvalue weighted by molar-refractivity contribution is 5.86. The van der Waals surface area contributed by atoms with E-state index in [-0.39, 0.29) is 18.4 Å². The normalized spacial score (nSPS) is 22.6. The van der Waals surface area contributed by atoms with Crippen molar-refractivity contribution in [2.24, 2.45) is 11.7 Å². The largest absolute Gasteiger partial charge is 0.367 e. The van der Waals surface area contributed by atoms with Gasteiger partial charge in [-0.2, -0.15) is 0 Å². The molecule has 158 valence electrons. The summed E-state index contributed by atoms with van der Waals surface area (Å²) in [5.41, 5.74) is 7.87. The summed E-state index contributed by atoms with van der Waals surface area (Å²) < 4.78 is 5.95. The van der Waals surface area contributed by atoms with Crippen molar-refractivity contribution in [2.45, 2.75) is 44.1 Å². The second kappa shape index (κ2) is 9.00. The van der Waals surface area contributed by atoms with E-state index in [1.165, 1.54) is 6.42 Å². The van der Waals surface area contributed by atoms with Gasteiger partial charge in [0.1, 0.15) is 0 Å². The summed E-state index contributed by atoms with van der Waals surface area (Å²) in [5.74, 6) is -0.272. The Morgan fingerprint density at radius 3 is 2.30 bits per heavy atom. The monoisotopic (exact) mass is 406 g/mol. The zero-order chi connectivity index (χ0) is 21.0. The van der Waals surface area contributed by atoms with Gasteiger partial charge in [-0.05, 0) is 29.5 Å². The third kappa shape index (κ3) is 4.41. The van der Waals surface area contributed by atoms with Crippen molar-refractivity contribution in [2.75, 3.05) is 19.7 Å². The van der Waals surface area contributed by atoms with E-state index in [0.717, 1.165) is 42.4 Å². The van der Waals surface area contributed by atoms with Crippen LogP contribution >= 0.6 is 0 Å². The summed E-state index contributed by atoms with van der Waals surface area (Å²) in [4.78, 5) is 27.3. The molecule has 2 aromatic carbocycles. The van der Waals surface area contributed by atoms with Crippen LogP contribution in [-0.4, -0.2) is 42.0 Å². The number of carbonyl (C=O) groups excluding carboxylic acids is 2. The number of nitrogens with zero attached hydrogens (tertiary/aromatic N) is 1. The zero-order valence-electron chi connectivity index (χ0n) is 17.4. The molecule has 1 saturated heterocycles. The smallest absolute Gasteiger partial charge is 0.251 e. The molecular formula is C25H30N2O3. The second-order valence-corrected chi connectivity index (χ2v) is 8.54. The Morgan fingerprint density at radius 2 is 1.63 bits per heavy atom. The van der Waals surface area contributed by atoms with Gasteiger partial charge in [0.05, 0.1) is 13.2 Å². The van der Waals surface area contributed by atoms with Crippen LogP contribution in [0.25, 0.3) is 11.1 Å². The molecule has 0 bridgehead atoms. The van der Waals surface area contributed by atoms with Crippen LogP contribution in [0.5, 0.6) is 0 Å². The molecule has 0 radical (unpaired) electrons. The number of hydrogen-bond acceptors (Lipinski definition) is 3. The van der Waals surface area contributed by atoms with Gasteiger partial charge in [-0.3, -0.25) is 9.59 Å². The number of carbonyl (C=O) groups is 2. The van der Waals surface area contributed by atoms with E-state index < -0.39 is 11.5 Å². The molecule has 1 aliphatic carbocycles. The lowest BCUT2D eigenvalue weighted by molar-refractivity contribution is -0.165. The van der Waals surface area contributed by atoms with Crippen molar-refractivity contribution in [3.63, 3.8) is 0 Å². The maximum absolute atomic E-state index is 13.0. The van der Waals surface area contributed by atoms with Gasteiger partial charge in [-0.1, -0.05) is 73.9 Å². The summed E-state index contributed by atoms with van der Waals surface area (Å²) in [6.07, 6.45) is 5.68. The first-order valence-electron chi connectivity index (χ1n) is 10.9. The molecule has 1 atom stereocenters. The molecular weight excluding hydrogens is 376 g/mol. The third-order valence-corrected chi connectivity index (χ3v) is 6.45. The van der Waals surface area contributed by atoms with Crippen molar-refractivity contribution >= 4 is 11.8 Å². The average Bonchev–Trinajstić information content (AvgIpc) is 2.80. The number of rotatable bonds is 5. The lowest BCUT2D eigenvalue weighted by Gasteiger charge is -2.42. The highest BCUT2D eigenvalue weighted by atomic mass is 16.5. The molecule has 0 unspecified atom stereocenters. The van der Waals surface area contributed by atoms with Gasteiger partial charge in [0.15, 0.2) is 5.60 Å². The van der Waals surface area contributed by atoms with Crippen LogP contribution in [0.4, 0.5) is 0 Å². The van der Waals surface area contributed by atoms with E-state index in [1.807, 2.05) is 47.4 Å². The van der Waals surface area contributed by atoms with Gasteiger partial charge in [-0.25, -0.2) is 0 Å². The Bertz CT molecular complexity index is 875. The van der Waals surface area contributed by atoms with Crippen molar-refractivity contribution in [1.82, 2.24) is 4.90 Å². The fourth-order valence-electron chi connectivity index (χ4n) is 4.70. The van der Waals surface area contributed by atoms with Crippen molar-refractivity contribution in [1.29, 1.82) is 0 Å². The summed E-state index contributed by atoms with van der Waals surface area (Å²) in [5, 5.41) is 0. The average molecular weight is 407 g/mol. The molecule has 1 heterocycles.